The lowest BCUT2D eigenvalue weighted by atomic mass is 9.82. The molecule has 1 aromatic carbocycles. The van der Waals surface area contributed by atoms with Gasteiger partial charge >= 0.3 is 6.18 Å². The first-order chi connectivity index (χ1) is 16.5. The number of nitrogens with one attached hydrogen (secondary N) is 2. The Balaban J connectivity index is 1.68. The highest BCUT2D eigenvalue weighted by molar-refractivity contribution is 5.94. The number of rotatable bonds is 10. The lowest BCUT2D eigenvalue weighted by Crippen LogP contribution is -2.43. The summed E-state index contributed by atoms with van der Waals surface area (Å²) in [6.07, 6.45) is -3.00. The molecule has 35 heavy (non-hydrogen) atoms. The molecule has 0 saturated heterocycles. The van der Waals surface area contributed by atoms with E-state index in [4.69, 9.17) is 0 Å². The van der Waals surface area contributed by atoms with E-state index in [1.54, 1.807) is 32.3 Å². The number of likely N-dealkylation sites (N-methyl/N-ethyl adjacent to an activating group) is 1. The molecule has 0 bridgehead atoms. The van der Waals surface area contributed by atoms with E-state index >= 15 is 0 Å². The lowest BCUT2D eigenvalue weighted by Gasteiger charge is -2.29. The summed E-state index contributed by atoms with van der Waals surface area (Å²) in [5.41, 5.74) is -1.11. The number of alkyl halides is 3. The Kier molecular flexibility index (Phi) is 8.15. The normalized spacial score (nSPS) is 16.5. The number of hydrogen-bond acceptors (Lipinski definition) is 4. The van der Waals surface area contributed by atoms with Crippen LogP contribution in [-0.2, 0) is 11.2 Å². The van der Waals surface area contributed by atoms with Crippen LogP contribution in [0.3, 0.4) is 0 Å². The zero-order valence-electron chi connectivity index (χ0n) is 20.0. The van der Waals surface area contributed by atoms with Crippen LogP contribution in [0.1, 0.15) is 46.8 Å². The highest BCUT2D eigenvalue weighted by Gasteiger charge is 2.67. The van der Waals surface area contributed by atoms with Gasteiger partial charge in [0.05, 0.1) is 11.0 Å². The van der Waals surface area contributed by atoms with E-state index in [1.807, 2.05) is 4.90 Å². The van der Waals surface area contributed by atoms with Gasteiger partial charge in [-0.05, 0) is 63.2 Å². The maximum atomic E-state index is 14.3. The number of halogens is 4. The van der Waals surface area contributed by atoms with Crippen molar-refractivity contribution >= 4 is 11.8 Å². The Morgan fingerprint density at radius 2 is 1.89 bits per heavy atom. The van der Waals surface area contributed by atoms with Gasteiger partial charge in [-0.3, -0.25) is 14.6 Å². The van der Waals surface area contributed by atoms with Crippen molar-refractivity contribution in [3.05, 3.63) is 65.2 Å². The van der Waals surface area contributed by atoms with E-state index in [0.717, 1.165) is 0 Å². The van der Waals surface area contributed by atoms with E-state index in [0.29, 0.717) is 12.0 Å². The molecule has 1 aliphatic carbocycles. The van der Waals surface area contributed by atoms with Crippen molar-refractivity contribution < 1.29 is 27.2 Å². The number of carbonyl (C=O) groups is 2. The van der Waals surface area contributed by atoms with Crippen molar-refractivity contribution in [2.45, 2.75) is 43.8 Å². The average molecular weight is 495 g/mol. The molecule has 0 radical (unpaired) electrons. The molecule has 1 aromatic heterocycles. The minimum atomic E-state index is -4.42. The van der Waals surface area contributed by atoms with Gasteiger partial charge in [0.15, 0.2) is 0 Å². The van der Waals surface area contributed by atoms with Crippen molar-refractivity contribution in [2.75, 3.05) is 27.7 Å². The van der Waals surface area contributed by atoms with Crippen LogP contribution in [0.15, 0.2) is 42.6 Å². The predicted octanol–water partition coefficient (Wildman–Crippen LogP) is 3.69. The van der Waals surface area contributed by atoms with Gasteiger partial charge in [0.1, 0.15) is 5.82 Å². The topological polar surface area (TPSA) is 74.3 Å². The second-order valence-electron chi connectivity index (χ2n) is 9.18. The molecule has 6 nitrogen and oxygen atoms in total. The smallest absolute Gasteiger partial charge is 0.355 e. The zero-order valence-corrected chi connectivity index (χ0v) is 20.0. The standard InChI is InChI=1S/C25H30F4N4O2/c1-30-23(35)18-8-7-16(13-20(18)26)12-17(33(2)3)15-32-22(34)14-19(21-6-4-5-11-31-21)24(9-10-24)25(27,28)29/h4-8,11,13,17,19H,9-10,12,14-15H2,1-3H3,(H,30,35)(H,32,34)/t17-,19+/m0/s1. The quantitative estimate of drug-likeness (QED) is 0.495. The summed E-state index contributed by atoms with van der Waals surface area (Å²) in [5, 5.41) is 5.13. The summed E-state index contributed by atoms with van der Waals surface area (Å²) in [6, 6.07) is 8.86. The molecule has 2 N–H and O–H groups in total. The number of pyridine rings is 1. The molecule has 2 atom stereocenters. The highest BCUT2D eigenvalue weighted by Crippen LogP contribution is 2.65. The highest BCUT2D eigenvalue weighted by atomic mass is 19.4. The van der Waals surface area contributed by atoms with Crippen molar-refractivity contribution in [2.24, 2.45) is 5.41 Å². The first-order valence-corrected chi connectivity index (χ1v) is 11.4. The largest absolute Gasteiger partial charge is 0.395 e. The summed E-state index contributed by atoms with van der Waals surface area (Å²) in [4.78, 5) is 30.4. The maximum absolute atomic E-state index is 14.3. The van der Waals surface area contributed by atoms with Crippen molar-refractivity contribution in [1.82, 2.24) is 20.5 Å². The number of benzene rings is 1. The molecule has 0 spiro atoms. The number of aromatic nitrogens is 1. The first kappa shape index (κ1) is 26.6. The summed E-state index contributed by atoms with van der Waals surface area (Å²) >= 11 is 0. The average Bonchev–Trinajstić information content (AvgIpc) is 3.62. The number of hydrogen-bond donors (Lipinski definition) is 2. The van der Waals surface area contributed by atoms with Gasteiger partial charge in [0.2, 0.25) is 5.91 Å². The van der Waals surface area contributed by atoms with E-state index in [2.05, 4.69) is 15.6 Å². The molecule has 1 saturated carbocycles. The van der Waals surface area contributed by atoms with E-state index < -0.39 is 35.1 Å². The van der Waals surface area contributed by atoms with Gasteiger partial charge in [-0.1, -0.05) is 12.1 Å². The summed E-state index contributed by atoms with van der Waals surface area (Å²) < 4.78 is 55.9. The van der Waals surface area contributed by atoms with E-state index in [9.17, 15) is 27.2 Å². The van der Waals surface area contributed by atoms with Gasteiger partial charge < -0.3 is 15.5 Å². The van der Waals surface area contributed by atoms with Gasteiger partial charge in [-0.25, -0.2) is 4.39 Å². The fourth-order valence-corrected chi connectivity index (χ4v) is 4.33. The van der Waals surface area contributed by atoms with Gasteiger partial charge in [-0.15, -0.1) is 0 Å². The van der Waals surface area contributed by atoms with Crippen molar-refractivity contribution in [1.29, 1.82) is 0 Å². The third kappa shape index (κ3) is 6.17. The van der Waals surface area contributed by atoms with Crippen LogP contribution in [0.5, 0.6) is 0 Å². The second-order valence-corrected chi connectivity index (χ2v) is 9.18. The van der Waals surface area contributed by atoms with Gasteiger partial charge in [0.25, 0.3) is 5.91 Å². The summed E-state index contributed by atoms with van der Waals surface area (Å²) in [5.74, 6) is -2.74. The minimum Gasteiger partial charge on any atom is -0.355 e. The molecule has 1 heterocycles. The van der Waals surface area contributed by atoms with Crippen LogP contribution in [0.4, 0.5) is 17.6 Å². The Morgan fingerprint density at radius 1 is 1.17 bits per heavy atom. The number of nitrogens with zero attached hydrogens (tertiary/aromatic N) is 2. The Bertz CT molecular complexity index is 1040. The minimum absolute atomic E-state index is 0.0248. The first-order valence-electron chi connectivity index (χ1n) is 11.4. The molecule has 0 aliphatic heterocycles. The summed E-state index contributed by atoms with van der Waals surface area (Å²) in [7, 11) is 5.01. The van der Waals surface area contributed by atoms with Crippen LogP contribution in [0.25, 0.3) is 0 Å². The van der Waals surface area contributed by atoms with Crippen LogP contribution < -0.4 is 10.6 Å². The molecular formula is C25H30F4N4O2. The molecule has 1 aliphatic rings. The lowest BCUT2D eigenvalue weighted by molar-refractivity contribution is -0.195. The third-order valence-corrected chi connectivity index (χ3v) is 6.70. The molecule has 190 valence electrons. The molecular weight excluding hydrogens is 464 g/mol. The zero-order chi connectivity index (χ0) is 25.8. The van der Waals surface area contributed by atoms with E-state index in [1.165, 1.54) is 31.4 Å². The van der Waals surface area contributed by atoms with Crippen molar-refractivity contribution in [3.63, 3.8) is 0 Å². The number of amides is 2. The maximum Gasteiger partial charge on any atom is 0.395 e. The Hall–Kier alpha value is -3.01. The van der Waals surface area contributed by atoms with Crippen molar-refractivity contribution in [3.8, 4) is 0 Å². The summed E-state index contributed by atoms with van der Waals surface area (Å²) in [6.45, 7) is 0.165. The van der Waals surface area contributed by atoms with Crippen LogP contribution in [-0.4, -0.2) is 61.6 Å². The van der Waals surface area contributed by atoms with Crippen LogP contribution in [0, 0.1) is 11.2 Å². The van der Waals surface area contributed by atoms with E-state index in [-0.39, 0.29) is 43.1 Å². The van der Waals surface area contributed by atoms with Crippen LogP contribution >= 0.6 is 0 Å². The van der Waals surface area contributed by atoms with Gasteiger partial charge in [0, 0.05) is 43.9 Å². The third-order valence-electron chi connectivity index (χ3n) is 6.70. The Morgan fingerprint density at radius 3 is 2.40 bits per heavy atom. The fourth-order valence-electron chi connectivity index (χ4n) is 4.33. The fraction of sp³-hybridized carbons (Fsp3) is 0.480. The molecule has 10 heteroatoms. The predicted molar refractivity (Wildman–Crippen MR) is 123 cm³/mol. The SMILES string of the molecule is CNC(=O)c1ccc(C[C@@H](CNC(=O)C[C@H](c2ccccn2)C2(C(F)(F)F)CC2)N(C)C)cc1F. The Labute approximate surface area is 202 Å². The van der Waals surface area contributed by atoms with Crippen LogP contribution in [0.2, 0.25) is 0 Å². The molecule has 2 aromatic rings. The molecule has 2 amide bonds. The molecule has 0 unspecified atom stereocenters. The molecule has 3 rings (SSSR count). The monoisotopic (exact) mass is 494 g/mol. The number of carbonyl (C=O) groups excluding carboxylic acids is 2. The second kappa shape index (κ2) is 10.7. The molecule has 1 fully saturated rings. The van der Waals surface area contributed by atoms with Gasteiger partial charge in [-0.2, -0.15) is 13.2 Å².